The van der Waals surface area contributed by atoms with E-state index in [1.54, 1.807) is 47.3 Å². The van der Waals surface area contributed by atoms with Gasteiger partial charge in [0.2, 0.25) is 11.8 Å². The van der Waals surface area contributed by atoms with Gasteiger partial charge in [0.15, 0.2) is 0 Å². The maximum absolute atomic E-state index is 13.5. The van der Waals surface area contributed by atoms with Gasteiger partial charge in [0.05, 0.1) is 13.2 Å². The molecule has 0 unspecified atom stereocenters. The summed E-state index contributed by atoms with van der Waals surface area (Å²) in [6.07, 6.45) is 1.09. The number of likely N-dealkylation sites (N-methyl/N-ethyl adjacent to an activating group) is 1. The summed E-state index contributed by atoms with van der Waals surface area (Å²) in [4.78, 5) is 44.2. The van der Waals surface area contributed by atoms with E-state index in [2.05, 4.69) is 6.58 Å². The first-order valence-corrected chi connectivity index (χ1v) is 12.8. The molecule has 0 radical (unpaired) electrons. The minimum atomic E-state index is -0.539. The summed E-state index contributed by atoms with van der Waals surface area (Å²) in [5.74, 6) is 0.628. The largest absolute Gasteiger partial charge is 0.497 e. The van der Waals surface area contributed by atoms with Crippen molar-refractivity contribution in [3.8, 4) is 11.5 Å². The van der Waals surface area contributed by atoms with Crippen LogP contribution in [0.2, 0.25) is 0 Å². The molecule has 2 aromatic carbocycles. The molecule has 3 amide bonds. The molecule has 0 bridgehead atoms. The van der Waals surface area contributed by atoms with Crippen LogP contribution in [0.3, 0.4) is 0 Å². The Morgan fingerprint density at radius 3 is 2.47 bits per heavy atom. The molecular formula is C29H37N3O6. The average molecular weight is 524 g/mol. The van der Waals surface area contributed by atoms with Crippen LogP contribution in [0.25, 0.3) is 0 Å². The lowest BCUT2D eigenvalue weighted by atomic mass is 10.1. The molecule has 9 nitrogen and oxygen atoms in total. The highest BCUT2D eigenvalue weighted by molar-refractivity contribution is 5.97. The monoisotopic (exact) mass is 523 g/mol. The van der Waals surface area contributed by atoms with Gasteiger partial charge < -0.3 is 28.9 Å². The first-order chi connectivity index (χ1) is 18.4. The lowest BCUT2D eigenvalue weighted by Gasteiger charge is -2.26. The third-order valence-electron chi connectivity index (χ3n) is 6.35. The van der Waals surface area contributed by atoms with Crippen LogP contribution in [0.5, 0.6) is 11.5 Å². The van der Waals surface area contributed by atoms with Crippen LogP contribution < -0.4 is 9.47 Å². The van der Waals surface area contributed by atoms with Crippen molar-refractivity contribution in [1.29, 1.82) is 0 Å². The van der Waals surface area contributed by atoms with Crippen molar-refractivity contribution in [2.24, 2.45) is 0 Å². The van der Waals surface area contributed by atoms with Crippen molar-refractivity contribution in [3.63, 3.8) is 0 Å². The smallest absolute Gasteiger partial charge is 0.254 e. The van der Waals surface area contributed by atoms with Crippen molar-refractivity contribution in [2.45, 2.75) is 26.5 Å². The summed E-state index contributed by atoms with van der Waals surface area (Å²) in [6, 6.07) is 14.3. The number of ether oxygens (including phenoxy) is 3. The number of methoxy groups -OCH3 is 1. The van der Waals surface area contributed by atoms with E-state index in [1.807, 2.05) is 38.1 Å². The van der Waals surface area contributed by atoms with E-state index in [0.29, 0.717) is 37.6 Å². The van der Waals surface area contributed by atoms with Gasteiger partial charge in [-0.3, -0.25) is 14.4 Å². The molecule has 0 N–H and O–H groups in total. The van der Waals surface area contributed by atoms with Gasteiger partial charge in [-0.1, -0.05) is 30.9 Å². The molecule has 1 fully saturated rings. The summed E-state index contributed by atoms with van der Waals surface area (Å²) in [7, 11) is 1.60. The molecule has 1 saturated heterocycles. The highest BCUT2D eigenvalue weighted by atomic mass is 16.5. The topological polar surface area (TPSA) is 88.6 Å². The van der Waals surface area contributed by atoms with E-state index in [9.17, 15) is 14.4 Å². The van der Waals surface area contributed by atoms with Crippen molar-refractivity contribution >= 4 is 17.7 Å². The second-order valence-corrected chi connectivity index (χ2v) is 8.93. The lowest BCUT2D eigenvalue weighted by molar-refractivity contribution is -0.138. The van der Waals surface area contributed by atoms with Gasteiger partial charge in [0.25, 0.3) is 5.91 Å². The van der Waals surface area contributed by atoms with E-state index in [4.69, 9.17) is 14.2 Å². The molecule has 3 rings (SSSR count). The number of nitrogens with zero attached hydrogens (tertiary/aromatic N) is 3. The molecule has 9 heteroatoms. The molecule has 1 aliphatic rings. The molecule has 38 heavy (non-hydrogen) atoms. The Morgan fingerprint density at radius 1 is 1.08 bits per heavy atom. The van der Waals surface area contributed by atoms with E-state index >= 15 is 0 Å². The van der Waals surface area contributed by atoms with Gasteiger partial charge in [0, 0.05) is 38.3 Å². The lowest BCUT2D eigenvalue weighted by Crippen LogP contribution is -2.41. The standard InChI is InChI=1S/C29H37N3O6/c1-5-15-37-25-10-8-9-23(16-25)29(35)32-19-26(38-21-28(34)30(6-2)7-3)18-31(27(33)20-32)17-22-11-13-24(36-4)14-12-22/h5,8-14,16,26H,1,6-7,15,17-21H2,2-4H3/t26-/m0/s1. The predicted octanol–water partition coefficient (Wildman–Crippen LogP) is 3.00. The van der Waals surface area contributed by atoms with Crippen molar-refractivity contribution in [2.75, 3.05) is 53.0 Å². The molecule has 0 spiro atoms. The van der Waals surface area contributed by atoms with Crippen LogP contribution in [0.15, 0.2) is 61.2 Å². The van der Waals surface area contributed by atoms with Crippen molar-refractivity contribution in [3.05, 3.63) is 72.3 Å². The molecule has 1 heterocycles. The number of hydrogen-bond donors (Lipinski definition) is 0. The fourth-order valence-electron chi connectivity index (χ4n) is 4.26. The molecular weight excluding hydrogens is 486 g/mol. The van der Waals surface area contributed by atoms with Crippen LogP contribution in [-0.2, 0) is 20.9 Å². The molecule has 0 aromatic heterocycles. The third-order valence-corrected chi connectivity index (χ3v) is 6.35. The number of amides is 3. The number of carbonyl (C=O) groups is 3. The van der Waals surface area contributed by atoms with Gasteiger partial charge in [0.1, 0.15) is 31.3 Å². The Hall–Kier alpha value is -3.85. The third kappa shape index (κ3) is 7.82. The second kappa shape index (κ2) is 14.2. The van der Waals surface area contributed by atoms with E-state index < -0.39 is 6.10 Å². The zero-order chi connectivity index (χ0) is 27.5. The number of rotatable bonds is 12. The number of hydrogen-bond acceptors (Lipinski definition) is 6. The molecule has 204 valence electrons. The first-order valence-electron chi connectivity index (χ1n) is 12.8. The summed E-state index contributed by atoms with van der Waals surface area (Å²) in [6.45, 7) is 9.50. The Bertz CT molecular complexity index is 1100. The Labute approximate surface area is 224 Å². The minimum Gasteiger partial charge on any atom is -0.497 e. The Kier molecular flexibility index (Phi) is 10.7. The van der Waals surface area contributed by atoms with Crippen LogP contribution in [0, 0.1) is 0 Å². The normalized spacial score (nSPS) is 15.6. The maximum Gasteiger partial charge on any atom is 0.254 e. The quantitative estimate of drug-likeness (QED) is 0.398. The maximum atomic E-state index is 13.5. The van der Waals surface area contributed by atoms with Crippen LogP contribution in [0.4, 0.5) is 0 Å². The SMILES string of the molecule is C=CCOc1cccc(C(=O)N2CC(=O)N(Cc3ccc(OC)cc3)C[C@H](OCC(=O)N(CC)CC)C2)c1. The molecule has 1 atom stereocenters. The molecule has 2 aromatic rings. The average Bonchev–Trinajstić information content (AvgIpc) is 3.09. The highest BCUT2D eigenvalue weighted by Gasteiger charge is 2.32. The molecule has 0 aliphatic carbocycles. The summed E-state index contributed by atoms with van der Waals surface area (Å²) in [5, 5.41) is 0. The second-order valence-electron chi connectivity index (χ2n) is 8.93. The molecule has 1 aliphatic heterocycles. The Morgan fingerprint density at radius 2 is 1.82 bits per heavy atom. The Balaban J connectivity index is 1.80. The first kappa shape index (κ1) is 28.7. The summed E-state index contributed by atoms with van der Waals surface area (Å²) in [5.41, 5.74) is 1.32. The van der Waals surface area contributed by atoms with E-state index in [-0.39, 0.29) is 44.0 Å². The van der Waals surface area contributed by atoms with Crippen LogP contribution in [-0.4, -0.2) is 91.6 Å². The van der Waals surface area contributed by atoms with Gasteiger partial charge in [-0.25, -0.2) is 0 Å². The predicted molar refractivity (Wildman–Crippen MR) is 144 cm³/mol. The van der Waals surface area contributed by atoms with Gasteiger partial charge >= 0.3 is 0 Å². The van der Waals surface area contributed by atoms with Crippen LogP contribution in [0.1, 0.15) is 29.8 Å². The molecule has 0 saturated carbocycles. The van der Waals surface area contributed by atoms with Crippen molar-refractivity contribution < 1.29 is 28.6 Å². The van der Waals surface area contributed by atoms with Gasteiger partial charge in [-0.2, -0.15) is 0 Å². The minimum absolute atomic E-state index is 0.101. The summed E-state index contributed by atoms with van der Waals surface area (Å²) < 4.78 is 16.8. The van der Waals surface area contributed by atoms with Crippen molar-refractivity contribution in [1.82, 2.24) is 14.7 Å². The number of benzene rings is 2. The fourth-order valence-corrected chi connectivity index (χ4v) is 4.26. The van der Waals surface area contributed by atoms with E-state index in [1.165, 1.54) is 4.90 Å². The van der Waals surface area contributed by atoms with Crippen LogP contribution >= 0.6 is 0 Å². The highest BCUT2D eigenvalue weighted by Crippen LogP contribution is 2.19. The number of carbonyl (C=O) groups excluding carboxylic acids is 3. The zero-order valence-corrected chi connectivity index (χ0v) is 22.4. The van der Waals surface area contributed by atoms with Gasteiger partial charge in [-0.05, 0) is 49.7 Å². The summed E-state index contributed by atoms with van der Waals surface area (Å²) >= 11 is 0. The zero-order valence-electron chi connectivity index (χ0n) is 22.4. The fraction of sp³-hybridized carbons (Fsp3) is 0.414. The van der Waals surface area contributed by atoms with E-state index in [0.717, 1.165) is 11.3 Å². The van der Waals surface area contributed by atoms with Gasteiger partial charge in [-0.15, -0.1) is 0 Å².